The standard InChI is InChI=1S/C17H13N3S/c1-2-5-12(6-3-1)11-21-17-19-14-9-8-13-7-4-10-18-15(13)16(14)20-17/h1-10H,11H2,(H,19,20). The van der Waals surface area contributed by atoms with Crippen LogP contribution in [-0.2, 0) is 5.75 Å². The van der Waals surface area contributed by atoms with E-state index < -0.39 is 0 Å². The van der Waals surface area contributed by atoms with E-state index >= 15 is 0 Å². The van der Waals surface area contributed by atoms with Crippen LogP contribution in [0.2, 0.25) is 0 Å². The van der Waals surface area contributed by atoms with Gasteiger partial charge in [0.2, 0.25) is 0 Å². The molecule has 0 radical (unpaired) electrons. The highest BCUT2D eigenvalue weighted by Gasteiger charge is 2.08. The van der Waals surface area contributed by atoms with E-state index in [9.17, 15) is 0 Å². The Morgan fingerprint density at radius 1 is 0.905 bits per heavy atom. The Kier molecular flexibility index (Phi) is 3.09. The number of hydrogen-bond donors (Lipinski definition) is 1. The Bertz CT molecular complexity index is 900. The van der Waals surface area contributed by atoms with Crippen molar-refractivity contribution >= 4 is 33.7 Å². The van der Waals surface area contributed by atoms with Gasteiger partial charge >= 0.3 is 0 Å². The SMILES string of the molecule is c1ccc(CSc2nc3c(ccc4cccnc43)[nH]2)cc1. The molecule has 0 unspecified atom stereocenters. The van der Waals surface area contributed by atoms with Crippen LogP contribution >= 0.6 is 11.8 Å². The average molecular weight is 291 g/mol. The summed E-state index contributed by atoms with van der Waals surface area (Å²) in [5.74, 6) is 0.909. The number of rotatable bonds is 3. The van der Waals surface area contributed by atoms with Crippen LogP contribution < -0.4 is 0 Å². The van der Waals surface area contributed by atoms with E-state index in [0.29, 0.717) is 0 Å². The summed E-state index contributed by atoms with van der Waals surface area (Å²) in [6.07, 6.45) is 1.81. The van der Waals surface area contributed by atoms with E-state index in [1.54, 1.807) is 11.8 Å². The Labute approximate surface area is 126 Å². The largest absolute Gasteiger partial charge is 0.333 e. The van der Waals surface area contributed by atoms with E-state index in [1.807, 2.05) is 18.3 Å². The van der Waals surface area contributed by atoms with Gasteiger partial charge in [-0.1, -0.05) is 54.2 Å². The van der Waals surface area contributed by atoms with E-state index in [4.69, 9.17) is 4.98 Å². The zero-order valence-corrected chi connectivity index (χ0v) is 12.1. The van der Waals surface area contributed by atoms with Gasteiger partial charge in [-0.2, -0.15) is 0 Å². The number of H-pyrrole nitrogens is 1. The van der Waals surface area contributed by atoms with Crippen LogP contribution in [0.5, 0.6) is 0 Å². The lowest BCUT2D eigenvalue weighted by Crippen LogP contribution is -1.81. The first-order valence-electron chi connectivity index (χ1n) is 6.80. The summed E-state index contributed by atoms with van der Waals surface area (Å²) in [6, 6.07) is 18.6. The van der Waals surface area contributed by atoms with Gasteiger partial charge in [-0.15, -0.1) is 0 Å². The number of nitrogens with zero attached hydrogens (tertiary/aromatic N) is 2. The lowest BCUT2D eigenvalue weighted by molar-refractivity contribution is 1.08. The van der Waals surface area contributed by atoms with Gasteiger partial charge in [0.05, 0.1) is 11.0 Å². The third-order valence-electron chi connectivity index (χ3n) is 3.42. The number of hydrogen-bond acceptors (Lipinski definition) is 3. The highest BCUT2D eigenvalue weighted by Crippen LogP contribution is 2.26. The van der Waals surface area contributed by atoms with Gasteiger partial charge in [-0.05, 0) is 17.7 Å². The maximum absolute atomic E-state index is 4.70. The average Bonchev–Trinajstić information content (AvgIpc) is 2.97. The van der Waals surface area contributed by atoms with Crippen molar-refractivity contribution in [2.75, 3.05) is 0 Å². The second kappa shape index (κ2) is 5.22. The Morgan fingerprint density at radius 3 is 2.71 bits per heavy atom. The van der Waals surface area contributed by atoms with Gasteiger partial charge in [0.1, 0.15) is 5.52 Å². The molecule has 0 atom stereocenters. The zero-order valence-electron chi connectivity index (χ0n) is 11.3. The molecule has 0 saturated heterocycles. The van der Waals surface area contributed by atoms with Crippen molar-refractivity contribution in [1.82, 2.24) is 15.0 Å². The highest BCUT2D eigenvalue weighted by atomic mass is 32.2. The maximum Gasteiger partial charge on any atom is 0.166 e. The molecule has 4 heteroatoms. The summed E-state index contributed by atoms with van der Waals surface area (Å²) in [7, 11) is 0. The minimum Gasteiger partial charge on any atom is -0.333 e. The number of aromatic nitrogens is 3. The van der Waals surface area contributed by atoms with Crippen LogP contribution in [0, 0.1) is 0 Å². The van der Waals surface area contributed by atoms with Crippen molar-refractivity contribution in [3.8, 4) is 0 Å². The number of benzene rings is 2. The van der Waals surface area contributed by atoms with Crippen molar-refractivity contribution in [1.29, 1.82) is 0 Å². The fraction of sp³-hybridized carbons (Fsp3) is 0.0588. The van der Waals surface area contributed by atoms with Gasteiger partial charge in [-0.3, -0.25) is 4.98 Å². The molecule has 0 fully saturated rings. The minimum atomic E-state index is 0.909. The predicted molar refractivity (Wildman–Crippen MR) is 87.4 cm³/mol. The van der Waals surface area contributed by atoms with Crippen molar-refractivity contribution < 1.29 is 0 Å². The normalized spacial score (nSPS) is 11.2. The molecule has 0 bridgehead atoms. The molecular weight excluding hydrogens is 278 g/mol. The number of nitrogens with one attached hydrogen (secondary N) is 1. The molecular formula is C17H13N3S. The number of pyridine rings is 1. The van der Waals surface area contributed by atoms with E-state index in [2.05, 4.69) is 52.4 Å². The molecule has 4 rings (SSSR count). The molecule has 2 aromatic heterocycles. The molecule has 2 aromatic carbocycles. The summed E-state index contributed by atoms with van der Waals surface area (Å²) >= 11 is 1.71. The van der Waals surface area contributed by atoms with Crippen LogP contribution in [0.3, 0.4) is 0 Å². The molecule has 1 N–H and O–H groups in total. The maximum atomic E-state index is 4.70. The van der Waals surface area contributed by atoms with Crippen molar-refractivity contribution in [3.63, 3.8) is 0 Å². The number of imidazole rings is 1. The van der Waals surface area contributed by atoms with Crippen LogP contribution in [0.25, 0.3) is 21.9 Å². The van der Waals surface area contributed by atoms with Crippen molar-refractivity contribution in [2.24, 2.45) is 0 Å². The van der Waals surface area contributed by atoms with Crippen LogP contribution in [0.1, 0.15) is 5.56 Å². The first kappa shape index (κ1) is 12.4. The van der Waals surface area contributed by atoms with Gasteiger partial charge in [-0.25, -0.2) is 4.98 Å². The monoisotopic (exact) mass is 291 g/mol. The number of aromatic amines is 1. The Hall–Kier alpha value is -2.33. The summed E-state index contributed by atoms with van der Waals surface area (Å²) in [6.45, 7) is 0. The first-order valence-corrected chi connectivity index (χ1v) is 7.79. The van der Waals surface area contributed by atoms with Crippen LogP contribution in [0.4, 0.5) is 0 Å². The summed E-state index contributed by atoms with van der Waals surface area (Å²) in [5, 5.41) is 2.06. The Morgan fingerprint density at radius 2 is 1.81 bits per heavy atom. The molecule has 0 spiro atoms. The lowest BCUT2D eigenvalue weighted by atomic mass is 10.2. The van der Waals surface area contributed by atoms with Crippen LogP contribution in [-0.4, -0.2) is 15.0 Å². The molecule has 0 aliphatic carbocycles. The topological polar surface area (TPSA) is 41.6 Å². The smallest absolute Gasteiger partial charge is 0.166 e. The van der Waals surface area contributed by atoms with Gasteiger partial charge in [0, 0.05) is 17.3 Å². The first-order chi connectivity index (χ1) is 10.4. The molecule has 2 heterocycles. The zero-order chi connectivity index (χ0) is 14.1. The fourth-order valence-corrected chi connectivity index (χ4v) is 3.22. The fourth-order valence-electron chi connectivity index (χ4n) is 2.38. The quantitative estimate of drug-likeness (QED) is 0.569. The molecule has 21 heavy (non-hydrogen) atoms. The van der Waals surface area contributed by atoms with E-state index in [-0.39, 0.29) is 0 Å². The van der Waals surface area contributed by atoms with E-state index in [0.717, 1.165) is 32.8 Å². The van der Waals surface area contributed by atoms with Crippen molar-refractivity contribution in [3.05, 3.63) is 66.4 Å². The second-order valence-electron chi connectivity index (χ2n) is 4.85. The molecule has 102 valence electrons. The molecule has 3 nitrogen and oxygen atoms in total. The second-order valence-corrected chi connectivity index (χ2v) is 5.82. The van der Waals surface area contributed by atoms with Crippen LogP contribution in [0.15, 0.2) is 66.0 Å². The molecule has 0 saturated carbocycles. The third kappa shape index (κ3) is 2.38. The van der Waals surface area contributed by atoms with Crippen molar-refractivity contribution in [2.45, 2.75) is 10.9 Å². The number of fused-ring (bicyclic) bond motifs is 3. The summed E-state index contributed by atoms with van der Waals surface area (Å²) in [4.78, 5) is 12.5. The third-order valence-corrected chi connectivity index (χ3v) is 4.37. The van der Waals surface area contributed by atoms with Gasteiger partial charge < -0.3 is 4.98 Å². The molecule has 0 aliphatic heterocycles. The molecule has 0 amide bonds. The summed E-state index contributed by atoms with van der Waals surface area (Å²) < 4.78 is 0. The molecule has 4 aromatic rings. The van der Waals surface area contributed by atoms with E-state index in [1.165, 1.54) is 5.56 Å². The summed E-state index contributed by atoms with van der Waals surface area (Å²) in [5.41, 5.74) is 4.24. The van der Waals surface area contributed by atoms with Gasteiger partial charge in [0.25, 0.3) is 0 Å². The molecule has 0 aliphatic rings. The number of thioether (sulfide) groups is 1. The highest BCUT2D eigenvalue weighted by molar-refractivity contribution is 7.98. The van der Waals surface area contributed by atoms with Gasteiger partial charge in [0.15, 0.2) is 5.16 Å². The lowest BCUT2D eigenvalue weighted by Gasteiger charge is -1.97. The minimum absolute atomic E-state index is 0.909. The Balaban J connectivity index is 1.69. The predicted octanol–water partition coefficient (Wildman–Crippen LogP) is 4.40.